The molecule has 0 radical (unpaired) electrons. The molecule has 2 N–H and O–H groups in total. The number of carbonyl (C=O) groups excluding carboxylic acids is 2. The lowest BCUT2D eigenvalue weighted by Crippen LogP contribution is -2.32. The molecule has 2 rings (SSSR count). The summed E-state index contributed by atoms with van der Waals surface area (Å²) in [5.74, 6) is 0.819. The molecule has 1 atom stereocenters. The Balaban J connectivity index is 1.97. The van der Waals surface area contributed by atoms with Gasteiger partial charge >= 0.3 is 0 Å². The molecule has 0 spiro atoms. The number of carbonyl (C=O) groups is 2. The van der Waals surface area contributed by atoms with Crippen LogP contribution in [-0.4, -0.2) is 32.0 Å². The van der Waals surface area contributed by atoms with Crippen molar-refractivity contribution in [3.05, 3.63) is 65.7 Å². The van der Waals surface area contributed by atoms with Crippen LogP contribution < -0.4 is 15.4 Å². The minimum Gasteiger partial charge on any atom is -0.497 e. The Kier molecular flexibility index (Phi) is 7.68. The molecule has 0 heterocycles. The van der Waals surface area contributed by atoms with Crippen molar-refractivity contribution in [2.75, 3.05) is 20.2 Å². The smallest absolute Gasteiger partial charge is 0.221 e. The van der Waals surface area contributed by atoms with Gasteiger partial charge in [-0.1, -0.05) is 42.5 Å². The van der Waals surface area contributed by atoms with Gasteiger partial charge in [0, 0.05) is 32.4 Å². The van der Waals surface area contributed by atoms with Crippen molar-refractivity contribution in [3.8, 4) is 5.75 Å². The van der Waals surface area contributed by atoms with Gasteiger partial charge in [0.1, 0.15) is 5.75 Å². The zero-order valence-electron chi connectivity index (χ0n) is 15.3. The van der Waals surface area contributed by atoms with E-state index in [1.54, 1.807) is 7.11 Å². The molecule has 0 bridgehead atoms. The fourth-order valence-electron chi connectivity index (χ4n) is 2.76. The number of methoxy groups -OCH3 is 1. The lowest BCUT2D eigenvalue weighted by atomic mass is 9.92. The molecule has 2 amide bonds. The minimum atomic E-state index is -0.125. The van der Waals surface area contributed by atoms with Gasteiger partial charge in [0.25, 0.3) is 0 Å². The molecule has 0 saturated carbocycles. The second-order valence-electron chi connectivity index (χ2n) is 6.20. The third-order valence-corrected chi connectivity index (χ3v) is 4.18. The zero-order valence-corrected chi connectivity index (χ0v) is 15.3. The number of ether oxygens (including phenoxy) is 1. The zero-order chi connectivity index (χ0) is 18.8. The molecule has 0 aliphatic carbocycles. The van der Waals surface area contributed by atoms with Crippen LogP contribution in [0, 0.1) is 0 Å². The Morgan fingerprint density at radius 2 is 1.69 bits per heavy atom. The number of amides is 2. The lowest BCUT2D eigenvalue weighted by Gasteiger charge is -2.19. The Morgan fingerprint density at radius 1 is 1.00 bits per heavy atom. The van der Waals surface area contributed by atoms with Crippen LogP contribution in [0.4, 0.5) is 0 Å². The van der Waals surface area contributed by atoms with E-state index in [0.717, 1.165) is 12.2 Å². The Labute approximate surface area is 154 Å². The normalized spacial score (nSPS) is 11.5. The van der Waals surface area contributed by atoms with Gasteiger partial charge in [0.15, 0.2) is 0 Å². The predicted octanol–water partition coefficient (Wildman–Crippen LogP) is 2.66. The van der Waals surface area contributed by atoms with Crippen molar-refractivity contribution in [1.29, 1.82) is 0 Å². The summed E-state index contributed by atoms with van der Waals surface area (Å²) in [6.45, 7) is 2.35. The molecule has 2 aromatic carbocycles. The monoisotopic (exact) mass is 354 g/mol. The van der Waals surface area contributed by atoms with E-state index in [4.69, 9.17) is 4.74 Å². The number of nitrogens with one attached hydrogen (secondary N) is 2. The second kappa shape index (κ2) is 10.2. The largest absolute Gasteiger partial charge is 0.497 e. The maximum atomic E-state index is 12.0. The molecule has 2 aromatic rings. The van der Waals surface area contributed by atoms with Crippen molar-refractivity contribution in [3.63, 3.8) is 0 Å². The summed E-state index contributed by atoms with van der Waals surface area (Å²) < 4.78 is 5.21. The lowest BCUT2D eigenvalue weighted by molar-refractivity contribution is -0.121. The molecule has 0 saturated heterocycles. The van der Waals surface area contributed by atoms with E-state index in [-0.39, 0.29) is 24.2 Å². The highest BCUT2D eigenvalue weighted by Crippen LogP contribution is 2.22. The van der Waals surface area contributed by atoms with Crippen molar-refractivity contribution in [2.45, 2.75) is 25.7 Å². The number of hydrogen-bond acceptors (Lipinski definition) is 3. The summed E-state index contributed by atoms with van der Waals surface area (Å²) in [6.07, 6.45) is 1.10. The molecular weight excluding hydrogens is 328 g/mol. The minimum absolute atomic E-state index is 0.0607. The molecule has 138 valence electrons. The van der Waals surface area contributed by atoms with Gasteiger partial charge in [-0.05, 0) is 29.7 Å². The molecule has 5 nitrogen and oxygen atoms in total. The fourth-order valence-corrected chi connectivity index (χ4v) is 2.76. The molecule has 0 aromatic heterocycles. The van der Waals surface area contributed by atoms with Gasteiger partial charge in [-0.3, -0.25) is 9.59 Å². The van der Waals surface area contributed by atoms with Gasteiger partial charge in [-0.25, -0.2) is 0 Å². The summed E-state index contributed by atoms with van der Waals surface area (Å²) in [5, 5.41) is 5.62. The quantitative estimate of drug-likeness (QED) is 0.727. The summed E-state index contributed by atoms with van der Waals surface area (Å²) in [6, 6.07) is 18.2. The highest BCUT2D eigenvalue weighted by atomic mass is 16.5. The standard InChI is InChI=1S/C21H26N2O3/c1-16(24)22-13-12-21(25)23-15-19(18-6-4-3-5-7-18)14-17-8-10-20(26-2)11-9-17/h3-11,19H,12-15H2,1-2H3,(H,22,24)(H,23,25). The van der Waals surface area contributed by atoms with Crippen molar-refractivity contribution in [2.24, 2.45) is 0 Å². The van der Waals surface area contributed by atoms with Crippen LogP contribution in [0.25, 0.3) is 0 Å². The highest BCUT2D eigenvalue weighted by Gasteiger charge is 2.14. The van der Waals surface area contributed by atoms with Gasteiger partial charge in [0.2, 0.25) is 11.8 Å². The van der Waals surface area contributed by atoms with Crippen LogP contribution in [0.3, 0.4) is 0 Å². The highest BCUT2D eigenvalue weighted by molar-refractivity contribution is 5.77. The number of rotatable bonds is 9. The molecule has 0 aliphatic heterocycles. The molecular formula is C21H26N2O3. The fraction of sp³-hybridized carbons (Fsp3) is 0.333. The van der Waals surface area contributed by atoms with E-state index in [2.05, 4.69) is 22.8 Å². The average Bonchev–Trinajstić information content (AvgIpc) is 2.66. The van der Waals surface area contributed by atoms with Crippen molar-refractivity contribution >= 4 is 11.8 Å². The molecule has 5 heteroatoms. The molecule has 26 heavy (non-hydrogen) atoms. The van der Waals surface area contributed by atoms with Crippen LogP contribution in [0.15, 0.2) is 54.6 Å². The Bertz CT molecular complexity index is 699. The summed E-state index contributed by atoms with van der Waals surface area (Å²) >= 11 is 0. The van der Waals surface area contributed by atoms with E-state index in [1.807, 2.05) is 42.5 Å². The van der Waals surface area contributed by atoms with Crippen LogP contribution in [-0.2, 0) is 16.0 Å². The van der Waals surface area contributed by atoms with Gasteiger partial charge in [-0.2, -0.15) is 0 Å². The molecule has 0 fully saturated rings. The van der Waals surface area contributed by atoms with Crippen LogP contribution in [0.2, 0.25) is 0 Å². The van der Waals surface area contributed by atoms with Crippen LogP contribution in [0.1, 0.15) is 30.4 Å². The van der Waals surface area contributed by atoms with E-state index >= 15 is 0 Å². The maximum Gasteiger partial charge on any atom is 0.221 e. The summed E-state index contributed by atoms with van der Waals surface area (Å²) in [4.78, 5) is 22.9. The van der Waals surface area contributed by atoms with Gasteiger partial charge < -0.3 is 15.4 Å². The van der Waals surface area contributed by atoms with E-state index in [0.29, 0.717) is 13.1 Å². The maximum absolute atomic E-state index is 12.0. The Morgan fingerprint density at radius 3 is 2.31 bits per heavy atom. The average molecular weight is 354 g/mol. The topological polar surface area (TPSA) is 67.4 Å². The Hall–Kier alpha value is -2.82. The van der Waals surface area contributed by atoms with Gasteiger partial charge in [-0.15, -0.1) is 0 Å². The molecule has 1 unspecified atom stereocenters. The third-order valence-electron chi connectivity index (χ3n) is 4.18. The van der Waals surface area contributed by atoms with E-state index < -0.39 is 0 Å². The van der Waals surface area contributed by atoms with Crippen LogP contribution in [0.5, 0.6) is 5.75 Å². The summed E-state index contributed by atoms with van der Waals surface area (Å²) in [5.41, 5.74) is 2.37. The SMILES string of the molecule is COc1ccc(CC(CNC(=O)CCNC(C)=O)c2ccccc2)cc1. The number of benzene rings is 2. The first kappa shape index (κ1) is 19.5. The predicted molar refractivity (Wildman–Crippen MR) is 102 cm³/mol. The van der Waals surface area contributed by atoms with Gasteiger partial charge in [0.05, 0.1) is 7.11 Å². The summed E-state index contributed by atoms with van der Waals surface area (Å²) in [7, 11) is 1.65. The van der Waals surface area contributed by atoms with E-state index in [9.17, 15) is 9.59 Å². The second-order valence-corrected chi connectivity index (χ2v) is 6.20. The van der Waals surface area contributed by atoms with E-state index in [1.165, 1.54) is 18.1 Å². The first-order valence-electron chi connectivity index (χ1n) is 8.77. The van der Waals surface area contributed by atoms with Crippen molar-refractivity contribution < 1.29 is 14.3 Å². The van der Waals surface area contributed by atoms with Crippen molar-refractivity contribution in [1.82, 2.24) is 10.6 Å². The third kappa shape index (κ3) is 6.59. The number of hydrogen-bond donors (Lipinski definition) is 2. The molecule has 0 aliphatic rings. The first-order chi connectivity index (χ1) is 12.6. The van der Waals surface area contributed by atoms with Crippen LogP contribution >= 0.6 is 0 Å². The first-order valence-corrected chi connectivity index (χ1v) is 8.77.